The van der Waals surface area contributed by atoms with E-state index in [1.807, 2.05) is 24.3 Å². The van der Waals surface area contributed by atoms with Crippen molar-refractivity contribution in [1.82, 2.24) is 5.32 Å². The first kappa shape index (κ1) is 16.5. The predicted octanol–water partition coefficient (Wildman–Crippen LogP) is 2.68. The molecule has 1 aromatic carbocycles. The number of likely N-dealkylation sites (N-methyl/N-ethyl adjacent to an activating group) is 1. The molecule has 0 heterocycles. The standard InChI is InChI=1S/C16H26N2O2/c1-4-17-10-12-20-16-7-5-15(6-8-16)18(13-19)11-9-14(2)3/h5-8,13-14,17H,4,9-12H2,1-3H3. The van der Waals surface area contributed by atoms with E-state index < -0.39 is 0 Å². The molecule has 1 amide bonds. The summed E-state index contributed by atoms with van der Waals surface area (Å²) in [6.45, 7) is 9.58. The molecule has 0 aliphatic carbocycles. The quantitative estimate of drug-likeness (QED) is 0.528. The molecule has 0 unspecified atom stereocenters. The van der Waals surface area contributed by atoms with Crippen molar-refractivity contribution in [2.24, 2.45) is 5.92 Å². The highest BCUT2D eigenvalue weighted by atomic mass is 16.5. The SMILES string of the molecule is CCNCCOc1ccc(N(C=O)CCC(C)C)cc1. The van der Waals surface area contributed by atoms with Gasteiger partial charge in [0.05, 0.1) is 0 Å². The van der Waals surface area contributed by atoms with Crippen LogP contribution in [0.1, 0.15) is 27.2 Å². The van der Waals surface area contributed by atoms with Crippen molar-refractivity contribution < 1.29 is 9.53 Å². The largest absolute Gasteiger partial charge is 0.492 e. The minimum absolute atomic E-state index is 0.589. The van der Waals surface area contributed by atoms with E-state index in [2.05, 4.69) is 26.1 Å². The van der Waals surface area contributed by atoms with Crippen LogP contribution in [0.15, 0.2) is 24.3 Å². The molecular weight excluding hydrogens is 252 g/mol. The van der Waals surface area contributed by atoms with Gasteiger partial charge in [0.25, 0.3) is 0 Å². The van der Waals surface area contributed by atoms with E-state index in [0.717, 1.165) is 43.9 Å². The van der Waals surface area contributed by atoms with Gasteiger partial charge in [0.2, 0.25) is 6.41 Å². The van der Waals surface area contributed by atoms with E-state index in [9.17, 15) is 4.79 Å². The first-order valence-electron chi connectivity index (χ1n) is 7.33. The minimum atomic E-state index is 0.589. The van der Waals surface area contributed by atoms with Gasteiger partial charge in [-0.2, -0.15) is 0 Å². The van der Waals surface area contributed by atoms with Gasteiger partial charge >= 0.3 is 0 Å². The number of benzene rings is 1. The lowest BCUT2D eigenvalue weighted by Gasteiger charge is -2.19. The van der Waals surface area contributed by atoms with Crippen LogP contribution < -0.4 is 15.0 Å². The number of nitrogens with zero attached hydrogens (tertiary/aromatic N) is 1. The average molecular weight is 278 g/mol. The van der Waals surface area contributed by atoms with Gasteiger partial charge < -0.3 is 15.0 Å². The highest BCUT2D eigenvalue weighted by Gasteiger charge is 2.06. The fourth-order valence-corrected chi connectivity index (χ4v) is 1.79. The number of rotatable bonds is 10. The van der Waals surface area contributed by atoms with Gasteiger partial charge in [-0.05, 0) is 43.1 Å². The van der Waals surface area contributed by atoms with Gasteiger partial charge in [0, 0.05) is 18.8 Å². The van der Waals surface area contributed by atoms with Crippen LogP contribution in [0.5, 0.6) is 5.75 Å². The summed E-state index contributed by atoms with van der Waals surface area (Å²) in [5.74, 6) is 1.42. The molecule has 0 aliphatic rings. The maximum atomic E-state index is 11.1. The Hall–Kier alpha value is -1.55. The van der Waals surface area contributed by atoms with E-state index in [1.54, 1.807) is 4.90 Å². The van der Waals surface area contributed by atoms with Gasteiger partial charge in [0.15, 0.2) is 0 Å². The van der Waals surface area contributed by atoms with Crippen molar-refractivity contribution >= 4 is 12.1 Å². The van der Waals surface area contributed by atoms with Crippen LogP contribution in [0.4, 0.5) is 5.69 Å². The zero-order valence-corrected chi connectivity index (χ0v) is 12.8. The second kappa shape index (κ2) is 9.37. The molecule has 4 heteroatoms. The zero-order chi connectivity index (χ0) is 14.8. The monoisotopic (exact) mass is 278 g/mol. The molecule has 0 saturated heterocycles. The second-order valence-electron chi connectivity index (χ2n) is 5.18. The molecule has 112 valence electrons. The highest BCUT2D eigenvalue weighted by Crippen LogP contribution is 2.19. The topological polar surface area (TPSA) is 41.6 Å². The van der Waals surface area contributed by atoms with Gasteiger partial charge in [-0.3, -0.25) is 4.79 Å². The van der Waals surface area contributed by atoms with Crippen LogP contribution in [-0.4, -0.2) is 32.7 Å². The van der Waals surface area contributed by atoms with Gasteiger partial charge in [0.1, 0.15) is 12.4 Å². The fraction of sp³-hybridized carbons (Fsp3) is 0.562. The second-order valence-corrected chi connectivity index (χ2v) is 5.18. The molecular formula is C16H26N2O2. The van der Waals surface area contributed by atoms with Crippen LogP contribution in [0, 0.1) is 5.92 Å². The van der Waals surface area contributed by atoms with Crippen molar-refractivity contribution in [3.8, 4) is 5.75 Å². The molecule has 1 N–H and O–H groups in total. The third-order valence-corrected chi connectivity index (χ3v) is 3.04. The summed E-state index contributed by atoms with van der Waals surface area (Å²) in [6, 6.07) is 7.68. The van der Waals surface area contributed by atoms with E-state index in [-0.39, 0.29) is 0 Å². The Morgan fingerprint density at radius 2 is 2.00 bits per heavy atom. The van der Waals surface area contributed by atoms with Gasteiger partial charge in [-0.1, -0.05) is 20.8 Å². The Morgan fingerprint density at radius 1 is 1.30 bits per heavy atom. The molecule has 0 spiro atoms. The predicted molar refractivity (Wildman–Crippen MR) is 83.3 cm³/mol. The molecule has 1 rings (SSSR count). The molecule has 4 nitrogen and oxygen atoms in total. The summed E-state index contributed by atoms with van der Waals surface area (Å²) in [7, 11) is 0. The molecule has 0 aliphatic heterocycles. The molecule has 0 aromatic heterocycles. The highest BCUT2D eigenvalue weighted by molar-refractivity contribution is 5.75. The van der Waals surface area contributed by atoms with Crippen LogP contribution in [0.25, 0.3) is 0 Å². The van der Waals surface area contributed by atoms with Crippen LogP contribution in [0.2, 0.25) is 0 Å². The summed E-state index contributed by atoms with van der Waals surface area (Å²) >= 11 is 0. The Balaban J connectivity index is 2.48. The molecule has 0 bridgehead atoms. The number of ether oxygens (including phenoxy) is 1. The van der Waals surface area contributed by atoms with Crippen LogP contribution in [-0.2, 0) is 4.79 Å². The summed E-state index contributed by atoms with van der Waals surface area (Å²) in [4.78, 5) is 12.9. The number of hydrogen-bond acceptors (Lipinski definition) is 3. The first-order chi connectivity index (χ1) is 9.67. The van der Waals surface area contributed by atoms with E-state index in [1.165, 1.54) is 0 Å². The van der Waals surface area contributed by atoms with Crippen LogP contribution >= 0.6 is 0 Å². The maximum absolute atomic E-state index is 11.1. The Morgan fingerprint density at radius 3 is 2.55 bits per heavy atom. The summed E-state index contributed by atoms with van der Waals surface area (Å²) in [5.41, 5.74) is 0.916. The van der Waals surface area contributed by atoms with Crippen molar-refractivity contribution in [1.29, 1.82) is 0 Å². The van der Waals surface area contributed by atoms with E-state index in [4.69, 9.17) is 4.74 Å². The molecule has 0 atom stereocenters. The number of nitrogens with one attached hydrogen (secondary N) is 1. The van der Waals surface area contributed by atoms with Crippen molar-refractivity contribution in [2.45, 2.75) is 27.2 Å². The Labute approximate surface area is 122 Å². The molecule has 1 aromatic rings. The molecule has 0 radical (unpaired) electrons. The van der Waals surface area contributed by atoms with Crippen molar-refractivity contribution in [2.75, 3.05) is 31.1 Å². The number of anilines is 1. The smallest absolute Gasteiger partial charge is 0.214 e. The van der Waals surface area contributed by atoms with Crippen molar-refractivity contribution in [3.63, 3.8) is 0 Å². The Kier molecular flexibility index (Phi) is 7.73. The van der Waals surface area contributed by atoms with E-state index in [0.29, 0.717) is 12.5 Å². The number of amides is 1. The normalized spacial score (nSPS) is 10.6. The van der Waals surface area contributed by atoms with Gasteiger partial charge in [-0.25, -0.2) is 0 Å². The number of carbonyl (C=O) groups excluding carboxylic acids is 1. The minimum Gasteiger partial charge on any atom is -0.492 e. The number of carbonyl (C=O) groups is 1. The third-order valence-electron chi connectivity index (χ3n) is 3.04. The van der Waals surface area contributed by atoms with Crippen molar-refractivity contribution in [3.05, 3.63) is 24.3 Å². The summed E-state index contributed by atoms with van der Waals surface area (Å²) in [6.07, 6.45) is 1.89. The van der Waals surface area contributed by atoms with E-state index >= 15 is 0 Å². The van der Waals surface area contributed by atoms with Crippen LogP contribution in [0.3, 0.4) is 0 Å². The summed E-state index contributed by atoms with van der Waals surface area (Å²) in [5, 5.41) is 3.20. The number of hydrogen-bond donors (Lipinski definition) is 1. The Bertz CT molecular complexity index is 377. The molecule has 20 heavy (non-hydrogen) atoms. The average Bonchev–Trinajstić information content (AvgIpc) is 2.45. The lowest BCUT2D eigenvalue weighted by Crippen LogP contribution is -2.23. The zero-order valence-electron chi connectivity index (χ0n) is 12.8. The fourth-order valence-electron chi connectivity index (χ4n) is 1.79. The maximum Gasteiger partial charge on any atom is 0.214 e. The lowest BCUT2D eigenvalue weighted by atomic mass is 10.1. The molecule has 0 saturated carbocycles. The third kappa shape index (κ3) is 6.06. The van der Waals surface area contributed by atoms with Gasteiger partial charge in [-0.15, -0.1) is 0 Å². The first-order valence-corrected chi connectivity index (χ1v) is 7.33. The molecule has 0 fully saturated rings. The summed E-state index contributed by atoms with van der Waals surface area (Å²) < 4.78 is 5.61. The lowest BCUT2D eigenvalue weighted by molar-refractivity contribution is -0.107.